The first kappa shape index (κ1) is 20.2. The molecule has 1 aromatic heterocycles. The predicted molar refractivity (Wildman–Crippen MR) is 122 cm³/mol. The molecule has 0 saturated carbocycles. The van der Waals surface area contributed by atoms with Gasteiger partial charge in [0.25, 0.3) is 0 Å². The van der Waals surface area contributed by atoms with Crippen LogP contribution in [0.2, 0.25) is 0 Å². The van der Waals surface area contributed by atoms with Gasteiger partial charge in [-0.2, -0.15) is 0 Å². The fourth-order valence-electron chi connectivity index (χ4n) is 3.43. The lowest BCUT2D eigenvalue weighted by Gasteiger charge is -2.20. The van der Waals surface area contributed by atoms with Crippen LogP contribution in [0.4, 0.5) is 0 Å². The molecule has 4 aromatic rings. The van der Waals surface area contributed by atoms with E-state index in [-0.39, 0.29) is 12.4 Å². The topological polar surface area (TPSA) is 87.3 Å². The van der Waals surface area contributed by atoms with Gasteiger partial charge in [0, 0.05) is 17.5 Å². The van der Waals surface area contributed by atoms with Crippen LogP contribution >= 0.6 is 11.8 Å². The number of benzene rings is 3. The van der Waals surface area contributed by atoms with Crippen LogP contribution < -0.4 is 15.2 Å². The number of nitrogens with two attached hydrogens (primary N) is 1. The molecule has 6 nitrogen and oxygen atoms in total. The van der Waals surface area contributed by atoms with Crippen molar-refractivity contribution in [3.63, 3.8) is 0 Å². The lowest BCUT2D eigenvalue weighted by atomic mass is 10.0. The van der Waals surface area contributed by atoms with E-state index >= 15 is 0 Å². The fourth-order valence-corrected chi connectivity index (χ4v) is 4.42. The first-order valence-corrected chi connectivity index (χ1v) is 10.9. The molecule has 32 heavy (non-hydrogen) atoms. The Morgan fingerprint density at radius 1 is 0.906 bits per heavy atom. The largest absolute Gasteiger partial charge is 0.455 e. The van der Waals surface area contributed by atoms with Crippen molar-refractivity contribution in [1.82, 2.24) is 10.2 Å². The second-order valence-corrected chi connectivity index (χ2v) is 8.30. The standard InChI is InChI=1S/C25H19N3O3S/c26-15-24(29)31-25-18(12-16-6-2-1-3-7-16)13-19(27-28-25)17-10-11-21-23(14-17)32-22-9-5-4-8-20(22)30-21/h1-11,13-14H,12,15,26H2. The second kappa shape index (κ2) is 8.82. The molecule has 0 fully saturated rings. The van der Waals surface area contributed by atoms with Crippen molar-refractivity contribution in [1.29, 1.82) is 0 Å². The minimum atomic E-state index is -0.553. The third-order valence-corrected chi connectivity index (χ3v) is 6.07. The highest BCUT2D eigenvalue weighted by atomic mass is 32.2. The molecule has 0 bridgehead atoms. The molecule has 5 rings (SSSR count). The Kier molecular flexibility index (Phi) is 5.58. The summed E-state index contributed by atoms with van der Waals surface area (Å²) >= 11 is 1.66. The van der Waals surface area contributed by atoms with E-state index in [4.69, 9.17) is 15.2 Å². The van der Waals surface area contributed by atoms with Crippen LogP contribution in [0.1, 0.15) is 11.1 Å². The average molecular weight is 442 g/mol. The molecule has 3 aromatic carbocycles. The van der Waals surface area contributed by atoms with Crippen molar-refractivity contribution in [3.05, 3.63) is 90.0 Å². The van der Waals surface area contributed by atoms with Crippen molar-refractivity contribution in [2.24, 2.45) is 5.73 Å². The van der Waals surface area contributed by atoms with Crippen LogP contribution in [0, 0.1) is 0 Å². The molecule has 0 radical (unpaired) electrons. The van der Waals surface area contributed by atoms with Crippen LogP contribution in [0.25, 0.3) is 11.3 Å². The summed E-state index contributed by atoms with van der Waals surface area (Å²) in [5, 5.41) is 8.51. The van der Waals surface area contributed by atoms with Crippen LogP contribution in [-0.4, -0.2) is 22.7 Å². The summed E-state index contributed by atoms with van der Waals surface area (Å²) in [6.45, 7) is -0.224. The highest BCUT2D eigenvalue weighted by Crippen LogP contribution is 2.47. The Morgan fingerprint density at radius 3 is 2.53 bits per heavy atom. The summed E-state index contributed by atoms with van der Waals surface area (Å²) in [7, 11) is 0. The van der Waals surface area contributed by atoms with Crippen LogP contribution in [0.5, 0.6) is 17.4 Å². The van der Waals surface area contributed by atoms with Gasteiger partial charge in [0.15, 0.2) is 0 Å². The smallest absolute Gasteiger partial charge is 0.326 e. The Hall–Kier alpha value is -3.68. The van der Waals surface area contributed by atoms with Gasteiger partial charge in [-0.05, 0) is 42.0 Å². The van der Waals surface area contributed by atoms with E-state index in [0.717, 1.165) is 38.0 Å². The molecule has 0 amide bonds. The van der Waals surface area contributed by atoms with Gasteiger partial charge >= 0.3 is 5.97 Å². The van der Waals surface area contributed by atoms with Crippen molar-refractivity contribution in [2.75, 3.05) is 6.54 Å². The number of aromatic nitrogens is 2. The molecule has 158 valence electrons. The number of carbonyl (C=O) groups is 1. The van der Waals surface area contributed by atoms with Crippen molar-refractivity contribution in [3.8, 4) is 28.6 Å². The maximum atomic E-state index is 11.8. The number of rotatable bonds is 5. The van der Waals surface area contributed by atoms with E-state index < -0.39 is 5.97 Å². The summed E-state index contributed by atoms with van der Waals surface area (Å²) < 4.78 is 11.3. The highest BCUT2D eigenvalue weighted by Gasteiger charge is 2.19. The molecule has 2 heterocycles. The summed E-state index contributed by atoms with van der Waals surface area (Å²) in [5.74, 6) is 1.29. The average Bonchev–Trinajstić information content (AvgIpc) is 2.84. The lowest BCUT2D eigenvalue weighted by Crippen LogP contribution is -2.21. The Bertz CT molecular complexity index is 1290. The summed E-state index contributed by atoms with van der Waals surface area (Å²) in [4.78, 5) is 13.8. The van der Waals surface area contributed by atoms with E-state index in [1.165, 1.54) is 0 Å². The van der Waals surface area contributed by atoms with E-state index in [9.17, 15) is 4.79 Å². The summed E-state index contributed by atoms with van der Waals surface area (Å²) in [5.41, 5.74) is 8.82. The molecule has 1 aliphatic heterocycles. The highest BCUT2D eigenvalue weighted by molar-refractivity contribution is 7.99. The van der Waals surface area contributed by atoms with Gasteiger partial charge in [0.2, 0.25) is 5.88 Å². The molecule has 0 atom stereocenters. The minimum absolute atomic E-state index is 0.178. The number of hydrogen-bond acceptors (Lipinski definition) is 7. The van der Waals surface area contributed by atoms with Gasteiger partial charge in [0.05, 0.1) is 22.0 Å². The maximum absolute atomic E-state index is 11.8. The zero-order valence-corrected chi connectivity index (χ0v) is 17.8. The second-order valence-electron chi connectivity index (χ2n) is 7.21. The normalized spacial score (nSPS) is 11.8. The van der Waals surface area contributed by atoms with Crippen LogP contribution in [0.15, 0.2) is 88.7 Å². The number of fused-ring (bicyclic) bond motifs is 2. The molecule has 0 unspecified atom stereocenters. The summed E-state index contributed by atoms with van der Waals surface area (Å²) in [6, 6.07) is 25.7. The van der Waals surface area contributed by atoms with Crippen LogP contribution in [0.3, 0.4) is 0 Å². The Morgan fingerprint density at radius 2 is 1.69 bits per heavy atom. The van der Waals surface area contributed by atoms with Gasteiger partial charge in [-0.1, -0.05) is 54.2 Å². The molecular formula is C25H19N3O3S. The van der Waals surface area contributed by atoms with E-state index in [1.807, 2.05) is 78.9 Å². The number of esters is 1. The van der Waals surface area contributed by atoms with E-state index in [2.05, 4.69) is 10.2 Å². The molecular weight excluding hydrogens is 422 g/mol. The number of ether oxygens (including phenoxy) is 2. The minimum Gasteiger partial charge on any atom is -0.455 e. The summed E-state index contributed by atoms with van der Waals surface area (Å²) in [6.07, 6.45) is 0.548. The molecule has 2 N–H and O–H groups in total. The number of para-hydroxylation sites is 1. The lowest BCUT2D eigenvalue weighted by molar-refractivity contribution is -0.133. The van der Waals surface area contributed by atoms with Gasteiger partial charge < -0.3 is 15.2 Å². The Labute approximate surface area is 189 Å². The van der Waals surface area contributed by atoms with Crippen LogP contribution in [-0.2, 0) is 11.2 Å². The molecule has 0 spiro atoms. The quantitative estimate of drug-likeness (QED) is 0.390. The zero-order valence-electron chi connectivity index (χ0n) is 17.0. The predicted octanol–water partition coefficient (Wildman–Crippen LogP) is 4.86. The van der Waals surface area contributed by atoms with Crippen molar-refractivity contribution in [2.45, 2.75) is 16.2 Å². The van der Waals surface area contributed by atoms with Gasteiger partial charge in [0.1, 0.15) is 11.5 Å². The van der Waals surface area contributed by atoms with E-state index in [0.29, 0.717) is 12.1 Å². The van der Waals surface area contributed by atoms with Crippen molar-refractivity contribution < 1.29 is 14.3 Å². The van der Waals surface area contributed by atoms with Gasteiger partial charge in [-0.3, -0.25) is 4.79 Å². The maximum Gasteiger partial charge on any atom is 0.326 e. The Balaban J connectivity index is 1.50. The van der Waals surface area contributed by atoms with Crippen molar-refractivity contribution >= 4 is 17.7 Å². The third-order valence-electron chi connectivity index (χ3n) is 4.98. The van der Waals surface area contributed by atoms with E-state index in [1.54, 1.807) is 11.8 Å². The first-order valence-electron chi connectivity index (χ1n) is 10.1. The molecule has 7 heteroatoms. The first-order chi connectivity index (χ1) is 15.7. The molecule has 1 aliphatic rings. The number of hydrogen-bond donors (Lipinski definition) is 1. The monoisotopic (exact) mass is 441 g/mol. The van der Waals surface area contributed by atoms with Gasteiger partial charge in [-0.25, -0.2) is 0 Å². The fraction of sp³-hybridized carbons (Fsp3) is 0.0800. The number of nitrogens with zero attached hydrogens (tertiary/aromatic N) is 2. The number of carbonyl (C=O) groups excluding carboxylic acids is 1. The zero-order chi connectivity index (χ0) is 21.9. The SMILES string of the molecule is NCC(=O)Oc1nnc(-c2ccc3c(c2)Sc2ccccc2O3)cc1Cc1ccccc1. The van der Waals surface area contributed by atoms with Gasteiger partial charge in [-0.15, -0.1) is 10.2 Å². The molecule has 0 aliphatic carbocycles. The molecule has 0 saturated heterocycles. The third kappa shape index (κ3) is 4.21.